The topological polar surface area (TPSA) is 20.3 Å². The number of benzene rings is 1. The Kier molecular flexibility index (Phi) is 5.69. The molecule has 0 aliphatic heterocycles. The van der Waals surface area contributed by atoms with Crippen molar-refractivity contribution in [2.75, 3.05) is 13.1 Å². The minimum atomic E-state index is 0.146. The Morgan fingerprint density at radius 3 is 2.35 bits per heavy atom. The zero-order valence-electron chi connectivity index (χ0n) is 10.8. The second-order valence-corrected chi connectivity index (χ2v) is 5.06. The SMILES string of the molecule is CCCN(CCC)C(=O)c1cccc(Br)c1C. The van der Waals surface area contributed by atoms with Gasteiger partial charge in [0, 0.05) is 23.1 Å². The molecule has 0 saturated heterocycles. The molecule has 17 heavy (non-hydrogen) atoms. The summed E-state index contributed by atoms with van der Waals surface area (Å²) in [6.45, 7) is 7.85. The molecule has 3 heteroatoms. The summed E-state index contributed by atoms with van der Waals surface area (Å²) in [7, 11) is 0. The maximum absolute atomic E-state index is 12.4. The van der Waals surface area contributed by atoms with Crippen LogP contribution in [0.3, 0.4) is 0 Å². The molecule has 1 amide bonds. The van der Waals surface area contributed by atoms with Crippen molar-refractivity contribution in [1.29, 1.82) is 0 Å². The summed E-state index contributed by atoms with van der Waals surface area (Å²) >= 11 is 3.47. The van der Waals surface area contributed by atoms with E-state index in [0.29, 0.717) is 0 Å². The Bertz CT molecular complexity index is 384. The Balaban J connectivity index is 2.96. The van der Waals surface area contributed by atoms with Crippen LogP contribution in [0.25, 0.3) is 0 Å². The predicted molar refractivity (Wildman–Crippen MR) is 75.4 cm³/mol. The average Bonchev–Trinajstić information content (AvgIpc) is 2.31. The van der Waals surface area contributed by atoms with Gasteiger partial charge in [0.1, 0.15) is 0 Å². The second kappa shape index (κ2) is 6.80. The number of hydrogen-bond donors (Lipinski definition) is 0. The number of hydrogen-bond acceptors (Lipinski definition) is 1. The van der Waals surface area contributed by atoms with Gasteiger partial charge in [-0.3, -0.25) is 4.79 Å². The first-order chi connectivity index (χ1) is 8.11. The van der Waals surface area contributed by atoms with Gasteiger partial charge in [0.2, 0.25) is 0 Å². The van der Waals surface area contributed by atoms with Gasteiger partial charge in [0.15, 0.2) is 0 Å². The first-order valence-corrected chi connectivity index (χ1v) is 6.95. The van der Waals surface area contributed by atoms with Gasteiger partial charge >= 0.3 is 0 Å². The first-order valence-electron chi connectivity index (χ1n) is 6.16. The van der Waals surface area contributed by atoms with Crippen molar-refractivity contribution >= 4 is 21.8 Å². The van der Waals surface area contributed by atoms with E-state index < -0.39 is 0 Å². The number of carbonyl (C=O) groups excluding carboxylic acids is 1. The minimum absolute atomic E-state index is 0.146. The number of amides is 1. The molecule has 0 saturated carbocycles. The number of halogens is 1. The van der Waals surface area contributed by atoms with Crippen LogP contribution in [0, 0.1) is 6.92 Å². The van der Waals surface area contributed by atoms with E-state index in [1.54, 1.807) is 0 Å². The zero-order chi connectivity index (χ0) is 12.8. The lowest BCUT2D eigenvalue weighted by molar-refractivity contribution is 0.0755. The minimum Gasteiger partial charge on any atom is -0.339 e. The van der Waals surface area contributed by atoms with Crippen molar-refractivity contribution in [2.45, 2.75) is 33.6 Å². The predicted octanol–water partition coefficient (Wildman–Crippen LogP) is 4.02. The molecule has 94 valence electrons. The third-order valence-electron chi connectivity index (χ3n) is 2.77. The second-order valence-electron chi connectivity index (χ2n) is 4.20. The molecular formula is C14H20BrNO. The lowest BCUT2D eigenvalue weighted by Crippen LogP contribution is -2.32. The standard InChI is InChI=1S/C14H20BrNO/c1-4-9-16(10-5-2)14(17)12-7-6-8-13(15)11(12)3/h6-8H,4-5,9-10H2,1-3H3. The Morgan fingerprint density at radius 1 is 1.24 bits per heavy atom. The summed E-state index contributed by atoms with van der Waals surface area (Å²) in [4.78, 5) is 14.3. The van der Waals surface area contributed by atoms with Crippen molar-refractivity contribution in [1.82, 2.24) is 4.90 Å². The van der Waals surface area contributed by atoms with Gasteiger partial charge in [0.25, 0.3) is 5.91 Å². The third kappa shape index (κ3) is 3.56. The van der Waals surface area contributed by atoms with Gasteiger partial charge in [0.05, 0.1) is 0 Å². The first kappa shape index (κ1) is 14.2. The number of nitrogens with zero attached hydrogens (tertiary/aromatic N) is 1. The van der Waals surface area contributed by atoms with Crippen molar-refractivity contribution < 1.29 is 4.79 Å². The molecule has 1 aromatic carbocycles. The maximum atomic E-state index is 12.4. The molecule has 0 heterocycles. The van der Waals surface area contributed by atoms with Gasteiger partial charge in [-0.05, 0) is 37.5 Å². The normalized spacial score (nSPS) is 10.4. The Labute approximate surface area is 112 Å². The molecule has 1 aromatic rings. The Morgan fingerprint density at radius 2 is 1.82 bits per heavy atom. The van der Waals surface area contributed by atoms with Crippen LogP contribution < -0.4 is 0 Å². The van der Waals surface area contributed by atoms with E-state index in [-0.39, 0.29) is 5.91 Å². The molecule has 0 unspecified atom stereocenters. The Hall–Kier alpha value is -0.830. The molecular weight excluding hydrogens is 278 g/mol. The fourth-order valence-corrected chi connectivity index (χ4v) is 2.23. The van der Waals surface area contributed by atoms with Gasteiger partial charge < -0.3 is 4.90 Å². The molecule has 0 N–H and O–H groups in total. The van der Waals surface area contributed by atoms with E-state index in [9.17, 15) is 4.79 Å². The highest BCUT2D eigenvalue weighted by molar-refractivity contribution is 9.10. The highest BCUT2D eigenvalue weighted by Gasteiger charge is 2.16. The molecule has 0 aromatic heterocycles. The summed E-state index contributed by atoms with van der Waals surface area (Å²) in [5.74, 6) is 0.146. The summed E-state index contributed by atoms with van der Waals surface area (Å²) in [6.07, 6.45) is 2.00. The summed E-state index contributed by atoms with van der Waals surface area (Å²) in [5.41, 5.74) is 1.83. The molecule has 0 aliphatic carbocycles. The molecule has 0 radical (unpaired) electrons. The summed E-state index contributed by atoms with van der Waals surface area (Å²) < 4.78 is 0.997. The number of rotatable bonds is 5. The van der Waals surface area contributed by atoms with Crippen LogP contribution in [0.15, 0.2) is 22.7 Å². The lowest BCUT2D eigenvalue weighted by Gasteiger charge is -2.22. The van der Waals surface area contributed by atoms with Crippen molar-refractivity contribution in [3.8, 4) is 0 Å². The van der Waals surface area contributed by atoms with E-state index >= 15 is 0 Å². The zero-order valence-corrected chi connectivity index (χ0v) is 12.4. The van der Waals surface area contributed by atoms with Crippen LogP contribution in [0.1, 0.15) is 42.6 Å². The molecule has 0 spiro atoms. The highest BCUT2D eigenvalue weighted by Crippen LogP contribution is 2.20. The highest BCUT2D eigenvalue weighted by atomic mass is 79.9. The van der Waals surface area contributed by atoms with E-state index in [2.05, 4.69) is 29.8 Å². The molecule has 0 fully saturated rings. The van der Waals surface area contributed by atoms with Gasteiger partial charge in [-0.1, -0.05) is 35.8 Å². The molecule has 0 atom stereocenters. The molecule has 1 rings (SSSR count). The third-order valence-corrected chi connectivity index (χ3v) is 3.63. The average molecular weight is 298 g/mol. The van der Waals surface area contributed by atoms with Gasteiger partial charge in [-0.2, -0.15) is 0 Å². The number of carbonyl (C=O) groups is 1. The largest absolute Gasteiger partial charge is 0.339 e. The summed E-state index contributed by atoms with van der Waals surface area (Å²) in [6, 6.07) is 5.79. The van der Waals surface area contributed by atoms with Crippen LogP contribution in [0.4, 0.5) is 0 Å². The molecule has 2 nitrogen and oxygen atoms in total. The van der Waals surface area contributed by atoms with Crippen LogP contribution in [-0.4, -0.2) is 23.9 Å². The van der Waals surface area contributed by atoms with Crippen LogP contribution in [-0.2, 0) is 0 Å². The monoisotopic (exact) mass is 297 g/mol. The van der Waals surface area contributed by atoms with Crippen LogP contribution in [0.2, 0.25) is 0 Å². The fourth-order valence-electron chi connectivity index (χ4n) is 1.86. The van der Waals surface area contributed by atoms with Gasteiger partial charge in [-0.25, -0.2) is 0 Å². The molecule has 0 aliphatic rings. The van der Waals surface area contributed by atoms with E-state index in [0.717, 1.165) is 41.5 Å². The maximum Gasteiger partial charge on any atom is 0.254 e. The van der Waals surface area contributed by atoms with Crippen molar-refractivity contribution in [2.24, 2.45) is 0 Å². The van der Waals surface area contributed by atoms with E-state index in [1.807, 2.05) is 30.0 Å². The van der Waals surface area contributed by atoms with Crippen molar-refractivity contribution in [3.63, 3.8) is 0 Å². The summed E-state index contributed by atoms with van der Waals surface area (Å²) in [5, 5.41) is 0. The quantitative estimate of drug-likeness (QED) is 0.804. The van der Waals surface area contributed by atoms with Crippen molar-refractivity contribution in [3.05, 3.63) is 33.8 Å². The lowest BCUT2D eigenvalue weighted by atomic mass is 10.1. The van der Waals surface area contributed by atoms with E-state index in [1.165, 1.54) is 0 Å². The van der Waals surface area contributed by atoms with E-state index in [4.69, 9.17) is 0 Å². The van der Waals surface area contributed by atoms with Crippen LogP contribution >= 0.6 is 15.9 Å². The fraction of sp³-hybridized carbons (Fsp3) is 0.500. The van der Waals surface area contributed by atoms with Gasteiger partial charge in [-0.15, -0.1) is 0 Å². The molecule has 0 bridgehead atoms. The smallest absolute Gasteiger partial charge is 0.254 e. The van der Waals surface area contributed by atoms with Crippen LogP contribution in [0.5, 0.6) is 0 Å².